The highest BCUT2D eigenvalue weighted by Gasteiger charge is 2.30. The molecule has 148 valence electrons. The molecule has 0 fully saturated rings. The second-order valence-electron chi connectivity index (χ2n) is 6.31. The molecule has 0 spiro atoms. The van der Waals surface area contributed by atoms with E-state index >= 15 is 0 Å². The van der Waals surface area contributed by atoms with Crippen LogP contribution in [0.15, 0.2) is 0 Å². The van der Waals surface area contributed by atoms with Gasteiger partial charge in [0.05, 0.1) is 11.8 Å². The van der Waals surface area contributed by atoms with Gasteiger partial charge < -0.3 is 14.4 Å². The van der Waals surface area contributed by atoms with Gasteiger partial charge in [-0.3, -0.25) is 18.6 Å². The van der Waals surface area contributed by atoms with E-state index in [1.165, 1.54) is 0 Å². The molecule has 2 atom stereocenters. The second kappa shape index (κ2) is 11.6. The molecule has 0 aromatic rings. The van der Waals surface area contributed by atoms with E-state index in [-0.39, 0.29) is 25.0 Å². The molecule has 0 saturated carbocycles. The lowest BCUT2D eigenvalue weighted by Gasteiger charge is -2.23. The number of rotatable bonds is 12. The molecule has 25 heavy (non-hydrogen) atoms. The minimum absolute atomic E-state index is 0.138. The highest BCUT2D eigenvalue weighted by molar-refractivity contribution is 7.47. The van der Waals surface area contributed by atoms with Crippen molar-refractivity contribution in [1.29, 1.82) is 0 Å². The van der Waals surface area contributed by atoms with E-state index in [1.54, 1.807) is 41.5 Å². The van der Waals surface area contributed by atoms with E-state index in [0.29, 0.717) is 12.8 Å². The van der Waals surface area contributed by atoms with Crippen LogP contribution in [0.1, 0.15) is 54.4 Å². The Balaban J connectivity index is 4.56. The fourth-order valence-electron chi connectivity index (χ4n) is 1.53. The maximum atomic E-state index is 12.1. The maximum Gasteiger partial charge on any atom is 0.472 e. The van der Waals surface area contributed by atoms with Crippen molar-refractivity contribution in [3.05, 3.63) is 0 Å². The van der Waals surface area contributed by atoms with E-state index in [4.69, 9.17) is 18.5 Å². The SMILES string of the molecule is CCC(COC(=O)C(C)C)OP(=O)(O)OC(CC)COC(=O)C(C)C. The molecule has 8 nitrogen and oxygen atoms in total. The molecular formula is C16H31O8P. The van der Waals surface area contributed by atoms with Gasteiger partial charge in [-0.25, -0.2) is 4.57 Å². The van der Waals surface area contributed by atoms with E-state index in [2.05, 4.69) is 0 Å². The number of phosphoric acid groups is 1. The predicted molar refractivity (Wildman–Crippen MR) is 91.7 cm³/mol. The summed E-state index contributed by atoms with van der Waals surface area (Å²) in [5.74, 6) is -1.42. The minimum Gasteiger partial charge on any atom is -0.463 e. The van der Waals surface area contributed by atoms with Gasteiger partial charge in [0.2, 0.25) is 0 Å². The Morgan fingerprint density at radius 2 is 1.16 bits per heavy atom. The van der Waals surface area contributed by atoms with Crippen molar-refractivity contribution < 1.29 is 37.6 Å². The standard InChI is InChI=1S/C16H31O8P/c1-7-13(9-21-15(17)11(3)4)23-25(19,20)24-14(8-2)10-22-16(18)12(5)6/h11-14H,7-10H2,1-6H3,(H,19,20). The molecular weight excluding hydrogens is 351 g/mol. The molecule has 0 heterocycles. The molecule has 2 unspecified atom stereocenters. The number of esters is 2. The zero-order valence-corrected chi connectivity index (χ0v) is 16.8. The van der Waals surface area contributed by atoms with Crippen LogP contribution in [-0.2, 0) is 32.7 Å². The molecule has 0 radical (unpaired) electrons. The van der Waals surface area contributed by atoms with Gasteiger partial charge in [-0.05, 0) is 12.8 Å². The first-order chi connectivity index (χ1) is 11.5. The number of hydrogen-bond acceptors (Lipinski definition) is 7. The first-order valence-electron chi connectivity index (χ1n) is 8.55. The Labute approximate surface area is 149 Å². The zero-order valence-electron chi connectivity index (χ0n) is 15.9. The molecule has 9 heteroatoms. The van der Waals surface area contributed by atoms with Crippen LogP contribution < -0.4 is 0 Å². The van der Waals surface area contributed by atoms with Crippen molar-refractivity contribution in [1.82, 2.24) is 0 Å². The van der Waals surface area contributed by atoms with Crippen molar-refractivity contribution in [2.45, 2.75) is 66.6 Å². The van der Waals surface area contributed by atoms with Crippen LogP contribution >= 0.6 is 7.82 Å². The monoisotopic (exact) mass is 382 g/mol. The Morgan fingerprint density at radius 3 is 1.40 bits per heavy atom. The molecule has 0 rings (SSSR count). The van der Waals surface area contributed by atoms with Crippen molar-refractivity contribution in [3.63, 3.8) is 0 Å². The normalized spacial score (nSPS) is 16.4. The highest BCUT2D eigenvalue weighted by atomic mass is 31.2. The summed E-state index contributed by atoms with van der Waals surface area (Å²) < 4.78 is 32.3. The summed E-state index contributed by atoms with van der Waals surface area (Å²) in [5, 5.41) is 0. The smallest absolute Gasteiger partial charge is 0.463 e. The van der Waals surface area contributed by atoms with Gasteiger partial charge in [0.1, 0.15) is 25.4 Å². The van der Waals surface area contributed by atoms with Crippen LogP contribution in [0.2, 0.25) is 0 Å². The molecule has 0 aliphatic heterocycles. The largest absolute Gasteiger partial charge is 0.472 e. The third-order valence-electron chi connectivity index (χ3n) is 3.24. The molecule has 0 aliphatic carbocycles. The maximum absolute atomic E-state index is 12.1. The van der Waals surface area contributed by atoms with Crippen LogP contribution in [0.5, 0.6) is 0 Å². The van der Waals surface area contributed by atoms with Gasteiger partial charge in [-0.1, -0.05) is 41.5 Å². The van der Waals surface area contributed by atoms with Crippen LogP contribution in [0.25, 0.3) is 0 Å². The average molecular weight is 382 g/mol. The van der Waals surface area contributed by atoms with Gasteiger partial charge in [0.15, 0.2) is 0 Å². The molecule has 0 aromatic carbocycles. The fraction of sp³-hybridized carbons (Fsp3) is 0.875. The average Bonchev–Trinajstić information content (AvgIpc) is 2.53. The third-order valence-corrected chi connectivity index (χ3v) is 4.37. The van der Waals surface area contributed by atoms with Crippen LogP contribution in [-0.4, -0.2) is 42.3 Å². The Kier molecular flexibility index (Phi) is 11.2. The molecule has 0 saturated heterocycles. The molecule has 0 amide bonds. The quantitative estimate of drug-likeness (QED) is 0.405. The summed E-state index contributed by atoms with van der Waals surface area (Å²) in [7, 11) is -4.39. The number of hydrogen-bond donors (Lipinski definition) is 1. The topological polar surface area (TPSA) is 108 Å². The van der Waals surface area contributed by atoms with Crippen LogP contribution in [0.4, 0.5) is 0 Å². The van der Waals surface area contributed by atoms with Gasteiger partial charge in [0.25, 0.3) is 0 Å². The first-order valence-corrected chi connectivity index (χ1v) is 10.0. The number of carbonyl (C=O) groups is 2. The van der Waals surface area contributed by atoms with Crippen LogP contribution in [0.3, 0.4) is 0 Å². The number of ether oxygens (including phenoxy) is 2. The minimum atomic E-state index is -4.39. The Hall–Kier alpha value is -0.950. The van der Waals surface area contributed by atoms with E-state index in [9.17, 15) is 19.0 Å². The second-order valence-corrected chi connectivity index (χ2v) is 7.67. The van der Waals surface area contributed by atoms with Gasteiger partial charge >= 0.3 is 19.8 Å². The summed E-state index contributed by atoms with van der Waals surface area (Å²) in [6.07, 6.45) is -0.819. The molecule has 0 aliphatic rings. The predicted octanol–water partition coefficient (Wildman–Crippen LogP) is 3.08. The van der Waals surface area contributed by atoms with Gasteiger partial charge in [-0.15, -0.1) is 0 Å². The summed E-state index contributed by atoms with van der Waals surface area (Å²) in [6.45, 7) is 9.94. The highest BCUT2D eigenvalue weighted by Crippen LogP contribution is 2.46. The summed E-state index contributed by atoms with van der Waals surface area (Å²) in [6, 6.07) is 0. The number of carbonyl (C=O) groups excluding carboxylic acids is 2. The first kappa shape index (κ1) is 24.1. The lowest BCUT2D eigenvalue weighted by Crippen LogP contribution is -2.26. The van der Waals surface area contributed by atoms with Gasteiger partial charge in [0, 0.05) is 0 Å². The van der Waals surface area contributed by atoms with E-state index < -0.39 is 32.0 Å². The van der Waals surface area contributed by atoms with Crippen molar-refractivity contribution in [2.24, 2.45) is 11.8 Å². The Morgan fingerprint density at radius 1 is 0.840 bits per heavy atom. The number of phosphoric ester groups is 1. The fourth-order valence-corrected chi connectivity index (χ4v) is 2.75. The van der Waals surface area contributed by atoms with E-state index in [0.717, 1.165) is 0 Å². The van der Waals surface area contributed by atoms with Crippen molar-refractivity contribution in [2.75, 3.05) is 13.2 Å². The van der Waals surface area contributed by atoms with Gasteiger partial charge in [-0.2, -0.15) is 0 Å². The Bertz CT molecular complexity index is 425. The third kappa shape index (κ3) is 10.6. The summed E-state index contributed by atoms with van der Waals surface area (Å²) in [5.41, 5.74) is 0. The van der Waals surface area contributed by atoms with E-state index in [1.807, 2.05) is 0 Å². The lowest BCUT2D eigenvalue weighted by atomic mass is 10.2. The van der Waals surface area contributed by atoms with Crippen LogP contribution in [0, 0.1) is 11.8 Å². The molecule has 0 bridgehead atoms. The zero-order chi connectivity index (χ0) is 19.6. The van der Waals surface area contributed by atoms with Crippen molar-refractivity contribution in [3.8, 4) is 0 Å². The summed E-state index contributed by atoms with van der Waals surface area (Å²) in [4.78, 5) is 32.8. The summed E-state index contributed by atoms with van der Waals surface area (Å²) >= 11 is 0. The molecule has 1 N–H and O–H groups in total. The van der Waals surface area contributed by atoms with Crippen molar-refractivity contribution >= 4 is 19.8 Å². The lowest BCUT2D eigenvalue weighted by molar-refractivity contribution is -0.150. The molecule has 0 aromatic heterocycles.